The van der Waals surface area contributed by atoms with Crippen molar-refractivity contribution in [2.45, 2.75) is 76.4 Å². The zero-order valence-electron chi connectivity index (χ0n) is 26.9. The van der Waals surface area contributed by atoms with Crippen LogP contribution >= 0.6 is 0 Å². The number of sulfonamides is 1. The first-order chi connectivity index (χ1) is 22.1. The summed E-state index contributed by atoms with van der Waals surface area (Å²) in [5.74, 6) is -0.679. The lowest BCUT2D eigenvalue weighted by molar-refractivity contribution is -0.140. The molecule has 2 amide bonds. The number of nitrogens with zero attached hydrogens (tertiary/aromatic N) is 2. The summed E-state index contributed by atoms with van der Waals surface area (Å²) in [7, 11) is -4.13. The molecule has 1 atom stereocenters. The molecule has 7 nitrogen and oxygen atoms in total. The van der Waals surface area contributed by atoms with Gasteiger partial charge in [-0.05, 0) is 80.1 Å². The van der Waals surface area contributed by atoms with E-state index in [1.54, 1.807) is 35.2 Å². The Kier molecular flexibility index (Phi) is 10.6. The normalized spacial score (nSPS) is 14.1. The molecule has 0 unspecified atom stereocenters. The van der Waals surface area contributed by atoms with Gasteiger partial charge in [-0.1, -0.05) is 97.3 Å². The van der Waals surface area contributed by atoms with Gasteiger partial charge in [0.05, 0.1) is 10.6 Å². The number of hydrogen-bond acceptors (Lipinski definition) is 4. The minimum Gasteiger partial charge on any atom is -0.352 e. The van der Waals surface area contributed by atoms with Crippen LogP contribution in [0.4, 0.5) is 5.69 Å². The van der Waals surface area contributed by atoms with Gasteiger partial charge in [0.2, 0.25) is 11.8 Å². The van der Waals surface area contributed by atoms with Crippen LogP contribution < -0.4 is 9.62 Å². The number of aryl methyl sites for hydroxylation is 3. The Bertz CT molecular complexity index is 1720. The average molecular weight is 638 g/mol. The molecule has 0 bridgehead atoms. The fraction of sp³-hybridized carbons (Fsp3) is 0.316. The second-order valence-corrected chi connectivity index (χ2v) is 14.2. The summed E-state index contributed by atoms with van der Waals surface area (Å²) in [4.78, 5) is 30.4. The molecule has 5 rings (SSSR count). The zero-order chi connectivity index (χ0) is 32.7. The molecule has 240 valence electrons. The number of anilines is 1. The molecular formula is C38H43N3O4S. The molecule has 1 N–H and O–H groups in total. The van der Waals surface area contributed by atoms with Gasteiger partial charge in [0, 0.05) is 19.0 Å². The molecule has 0 aliphatic heterocycles. The van der Waals surface area contributed by atoms with E-state index in [4.69, 9.17) is 0 Å². The van der Waals surface area contributed by atoms with E-state index in [0.29, 0.717) is 12.1 Å². The van der Waals surface area contributed by atoms with Gasteiger partial charge < -0.3 is 10.2 Å². The smallest absolute Gasteiger partial charge is 0.264 e. The molecule has 4 aromatic carbocycles. The number of amides is 2. The number of rotatable bonds is 12. The molecule has 1 aliphatic carbocycles. The molecule has 1 fully saturated rings. The molecule has 0 saturated heterocycles. The molecular weight excluding hydrogens is 595 g/mol. The predicted molar refractivity (Wildman–Crippen MR) is 183 cm³/mol. The van der Waals surface area contributed by atoms with Crippen LogP contribution in [0.25, 0.3) is 0 Å². The van der Waals surface area contributed by atoms with Gasteiger partial charge in [-0.15, -0.1) is 0 Å². The maximum Gasteiger partial charge on any atom is 0.264 e. The molecule has 0 spiro atoms. The second kappa shape index (κ2) is 14.8. The van der Waals surface area contributed by atoms with Crippen LogP contribution in [-0.4, -0.2) is 43.8 Å². The highest BCUT2D eigenvalue weighted by molar-refractivity contribution is 7.92. The van der Waals surface area contributed by atoms with Crippen molar-refractivity contribution in [3.05, 3.63) is 131 Å². The Morgan fingerprint density at radius 1 is 0.761 bits per heavy atom. The SMILES string of the molecule is Cc1ccc(CN(C(=O)CN(c2cc(C)cc(C)c2)S(=O)(=O)c2ccccc2)[C@@H](Cc2ccccc2)C(=O)NC2CCCC2)cc1. The average Bonchev–Trinajstić information content (AvgIpc) is 3.55. The van der Waals surface area contributed by atoms with E-state index in [9.17, 15) is 18.0 Å². The lowest BCUT2D eigenvalue weighted by Gasteiger charge is -2.34. The fourth-order valence-corrected chi connectivity index (χ4v) is 7.57. The van der Waals surface area contributed by atoms with Crippen LogP contribution in [0.1, 0.15) is 53.5 Å². The third-order valence-electron chi connectivity index (χ3n) is 8.55. The topological polar surface area (TPSA) is 86.8 Å². The highest BCUT2D eigenvalue weighted by atomic mass is 32.2. The van der Waals surface area contributed by atoms with Crippen LogP contribution in [-0.2, 0) is 32.6 Å². The number of carbonyl (C=O) groups excluding carboxylic acids is 2. The largest absolute Gasteiger partial charge is 0.352 e. The van der Waals surface area contributed by atoms with Crippen molar-refractivity contribution < 1.29 is 18.0 Å². The quantitative estimate of drug-likeness (QED) is 0.192. The van der Waals surface area contributed by atoms with Crippen molar-refractivity contribution in [2.24, 2.45) is 0 Å². The minimum absolute atomic E-state index is 0.0623. The molecule has 0 aromatic heterocycles. The standard InChI is InChI=1S/C38H43N3O4S/c1-28-18-20-32(21-19-28)26-40(36(25-31-12-6-4-7-13-31)38(43)39-33-14-10-11-15-33)37(42)27-41(34-23-29(2)22-30(3)24-34)46(44,45)35-16-8-5-9-17-35/h4-9,12-13,16-24,33,36H,10-11,14-15,25-27H2,1-3H3,(H,39,43)/t36-/m0/s1. The summed E-state index contributed by atoms with van der Waals surface area (Å²) in [5.41, 5.74) is 5.01. The maximum atomic E-state index is 14.7. The number of hydrogen-bond donors (Lipinski definition) is 1. The molecule has 46 heavy (non-hydrogen) atoms. The highest BCUT2D eigenvalue weighted by Gasteiger charge is 2.35. The molecule has 1 aliphatic rings. The third kappa shape index (κ3) is 8.23. The van der Waals surface area contributed by atoms with Gasteiger partial charge in [0.1, 0.15) is 12.6 Å². The van der Waals surface area contributed by atoms with Crippen molar-refractivity contribution in [3.8, 4) is 0 Å². The summed E-state index contributed by atoms with van der Waals surface area (Å²) >= 11 is 0. The summed E-state index contributed by atoms with van der Waals surface area (Å²) in [6, 6.07) is 30.4. The van der Waals surface area contributed by atoms with Crippen molar-refractivity contribution in [1.29, 1.82) is 0 Å². The van der Waals surface area contributed by atoms with Crippen LogP contribution in [0.2, 0.25) is 0 Å². The first-order valence-electron chi connectivity index (χ1n) is 16.0. The molecule has 0 radical (unpaired) electrons. The van der Waals surface area contributed by atoms with E-state index >= 15 is 0 Å². The summed E-state index contributed by atoms with van der Waals surface area (Å²) in [5, 5.41) is 3.22. The van der Waals surface area contributed by atoms with E-state index in [1.807, 2.05) is 81.4 Å². The number of carbonyl (C=O) groups is 2. The Labute approximate surface area is 273 Å². The van der Waals surface area contributed by atoms with E-state index in [2.05, 4.69) is 5.32 Å². The van der Waals surface area contributed by atoms with Crippen molar-refractivity contribution in [2.75, 3.05) is 10.8 Å². The second-order valence-electron chi connectivity index (χ2n) is 12.4. The van der Waals surface area contributed by atoms with E-state index in [-0.39, 0.29) is 23.4 Å². The van der Waals surface area contributed by atoms with Crippen LogP contribution in [0.5, 0.6) is 0 Å². The summed E-state index contributed by atoms with van der Waals surface area (Å²) in [6.07, 6.45) is 4.23. The zero-order valence-corrected chi connectivity index (χ0v) is 27.7. The van der Waals surface area contributed by atoms with Crippen molar-refractivity contribution >= 4 is 27.5 Å². The van der Waals surface area contributed by atoms with E-state index in [0.717, 1.165) is 53.5 Å². The molecule has 4 aromatic rings. The van der Waals surface area contributed by atoms with Gasteiger partial charge in [0.25, 0.3) is 10.0 Å². The van der Waals surface area contributed by atoms with Crippen LogP contribution in [0.15, 0.2) is 108 Å². The Hall–Kier alpha value is -4.43. The lowest BCUT2D eigenvalue weighted by atomic mass is 10.0. The predicted octanol–water partition coefficient (Wildman–Crippen LogP) is 6.51. The summed E-state index contributed by atoms with van der Waals surface area (Å²) < 4.78 is 29.6. The van der Waals surface area contributed by atoms with Crippen LogP contribution in [0, 0.1) is 20.8 Å². The number of benzene rings is 4. The Morgan fingerprint density at radius 2 is 1.35 bits per heavy atom. The molecule has 1 saturated carbocycles. The Morgan fingerprint density at radius 3 is 1.96 bits per heavy atom. The Balaban J connectivity index is 1.57. The minimum atomic E-state index is -4.13. The first-order valence-corrected chi connectivity index (χ1v) is 17.4. The van der Waals surface area contributed by atoms with Gasteiger partial charge in [-0.25, -0.2) is 8.42 Å². The highest BCUT2D eigenvalue weighted by Crippen LogP contribution is 2.27. The van der Waals surface area contributed by atoms with E-state index < -0.39 is 28.5 Å². The molecule has 8 heteroatoms. The molecule has 0 heterocycles. The maximum absolute atomic E-state index is 14.7. The fourth-order valence-electron chi connectivity index (χ4n) is 6.15. The van der Waals surface area contributed by atoms with E-state index in [1.165, 1.54) is 16.4 Å². The summed E-state index contributed by atoms with van der Waals surface area (Å²) in [6.45, 7) is 5.49. The van der Waals surface area contributed by atoms with Crippen molar-refractivity contribution in [3.63, 3.8) is 0 Å². The van der Waals surface area contributed by atoms with Gasteiger partial charge in [-0.3, -0.25) is 13.9 Å². The van der Waals surface area contributed by atoms with Crippen LogP contribution in [0.3, 0.4) is 0 Å². The number of nitrogens with one attached hydrogen (secondary N) is 1. The third-order valence-corrected chi connectivity index (χ3v) is 10.3. The van der Waals surface area contributed by atoms with Gasteiger partial charge in [-0.2, -0.15) is 0 Å². The lowest BCUT2D eigenvalue weighted by Crippen LogP contribution is -2.54. The monoisotopic (exact) mass is 637 g/mol. The first kappa shape index (κ1) is 32.9. The van der Waals surface area contributed by atoms with Gasteiger partial charge in [0.15, 0.2) is 0 Å². The van der Waals surface area contributed by atoms with Crippen molar-refractivity contribution in [1.82, 2.24) is 10.2 Å². The van der Waals surface area contributed by atoms with Gasteiger partial charge >= 0.3 is 0 Å².